The van der Waals surface area contributed by atoms with E-state index in [2.05, 4.69) is 12.2 Å². The fourth-order valence-electron chi connectivity index (χ4n) is 1.75. The lowest BCUT2D eigenvalue weighted by molar-refractivity contribution is -0.385. The fraction of sp³-hybridized carbons (Fsp3) is 0.538. The minimum atomic E-state index is -0.354. The Morgan fingerprint density at radius 1 is 1.50 bits per heavy atom. The maximum Gasteiger partial charge on any atom is 0.272 e. The van der Waals surface area contributed by atoms with Crippen molar-refractivity contribution in [1.82, 2.24) is 5.32 Å². The van der Waals surface area contributed by atoms with Gasteiger partial charge in [0.1, 0.15) is 0 Å². The van der Waals surface area contributed by atoms with Gasteiger partial charge in [-0.25, -0.2) is 0 Å². The van der Waals surface area contributed by atoms with Gasteiger partial charge in [-0.15, -0.1) is 0 Å². The SMILES string of the molecule is Cc1ccc(CNCC(C)CCO)cc1[N+](=O)[O-]. The van der Waals surface area contributed by atoms with E-state index in [0.29, 0.717) is 18.0 Å². The molecule has 0 aromatic heterocycles. The van der Waals surface area contributed by atoms with Gasteiger partial charge in [0, 0.05) is 24.8 Å². The van der Waals surface area contributed by atoms with Crippen molar-refractivity contribution in [2.45, 2.75) is 26.8 Å². The van der Waals surface area contributed by atoms with Crippen molar-refractivity contribution in [2.75, 3.05) is 13.2 Å². The van der Waals surface area contributed by atoms with Crippen molar-refractivity contribution >= 4 is 5.69 Å². The minimum Gasteiger partial charge on any atom is -0.396 e. The summed E-state index contributed by atoms with van der Waals surface area (Å²) >= 11 is 0. The summed E-state index contributed by atoms with van der Waals surface area (Å²) in [5.41, 5.74) is 1.75. The molecule has 0 amide bonds. The predicted octanol–water partition coefficient (Wildman–Crippen LogP) is 2.01. The second-order valence-electron chi connectivity index (χ2n) is 4.63. The van der Waals surface area contributed by atoms with E-state index < -0.39 is 0 Å². The molecule has 100 valence electrons. The lowest BCUT2D eigenvalue weighted by Gasteiger charge is -2.11. The van der Waals surface area contributed by atoms with Crippen LogP contribution in [0.15, 0.2) is 18.2 Å². The third-order valence-corrected chi connectivity index (χ3v) is 2.91. The summed E-state index contributed by atoms with van der Waals surface area (Å²) in [5, 5.41) is 22.8. The van der Waals surface area contributed by atoms with E-state index in [0.717, 1.165) is 18.5 Å². The lowest BCUT2D eigenvalue weighted by Crippen LogP contribution is -2.21. The summed E-state index contributed by atoms with van der Waals surface area (Å²) < 4.78 is 0. The third kappa shape index (κ3) is 4.43. The predicted molar refractivity (Wildman–Crippen MR) is 70.4 cm³/mol. The monoisotopic (exact) mass is 252 g/mol. The van der Waals surface area contributed by atoms with E-state index in [1.807, 2.05) is 6.07 Å². The summed E-state index contributed by atoms with van der Waals surface area (Å²) in [6.45, 7) is 5.39. The number of nitrogens with zero attached hydrogens (tertiary/aromatic N) is 1. The molecule has 0 spiro atoms. The Morgan fingerprint density at radius 3 is 2.83 bits per heavy atom. The maximum absolute atomic E-state index is 10.8. The second-order valence-corrected chi connectivity index (χ2v) is 4.63. The summed E-state index contributed by atoms with van der Waals surface area (Å²) in [6.07, 6.45) is 0.765. The number of nitro groups is 1. The van der Waals surface area contributed by atoms with E-state index in [4.69, 9.17) is 5.11 Å². The number of aryl methyl sites for hydroxylation is 1. The molecule has 1 aromatic carbocycles. The van der Waals surface area contributed by atoms with E-state index >= 15 is 0 Å². The van der Waals surface area contributed by atoms with Crippen LogP contribution in [0, 0.1) is 23.0 Å². The molecular weight excluding hydrogens is 232 g/mol. The highest BCUT2D eigenvalue weighted by Gasteiger charge is 2.10. The van der Waals surface area contributed by atoms with Gasteiger partial charge < -0.3 is 10.4 Å². The van der Waals surface area contributed by atoms with Gasteiger partial charge in [-0.3, -0.25) is 10.1 Å². The van der Waals surface area contributed by atoms with Crippen molar-refractivity contribution in [3.8, 4) is 0 Å². The van der Waals surface area contributed by atoms with Gasteiger partial charge in [-0.1, -0.05) is 19.1 Å². The first-order valence-corrected chi connectivity index (χ1v) is 6.10. The minimum absolute atomic E-state index is 0.165. The average Bonchev–Trinajstić information content (AvgIpc) is 2.31. The van der Waals surface area contributed by atoms with Crippen LogP contribution >= 0.6 is 0 Å². The molecule has 1 atom stereocenters. The zero-order valence-electron chi connectivity index (χ0n) is 10.8. The zero-order chi connectivity index (χ0) is 13.5. The number of benzene rings is 1. The van der Waals surface area contributed by atoms with Crippen molar-refractivity contribution in [3.63, 3.8) is 0 Å². The van der Waals surface area contributed by atoms with Crippen LogP contribution < -0.4 is 5.32 Å². The van der Waals surface area contributed by atoms with Gasteiger partial charge in [0.15, 0.2) is 0 Å². The summed E-state index contributed by atoms with van der Waals surface area (Å²) in [5.74, 6) is 0.399. The number of rotatable bonds is 7. The highest BCUT2D eigenvalue weighted by Crippen LogP contribution is 2.19. The van der Waals surface area contributed by atoms with Crippen LogP contribution in [0.5, 0.6) is 0 Å². The van der Waals surface area contributed by atoms with E-state index in [9.17, 15) is 10.1 Å². The number of hydrogen-bond acceptors (Lipinski definition) is 4. The lowest BCUT2D eigenvalue weighted by atomic mass is 10.1. The zero-order valence-corrected chi connectivity index (χ0v) is 10.8. The van der Waals surface area contributed by atoms with Crippen molar-refractivity contribution in [1.29, 1.82) is 0 Å². The number of hydrogen-bond donors (Lipinski definition) is 2. The summed E-state index contributed by atoms with van der Waals surface area (Å²) in [4.78, 5) is 10.4. The Morgan fingerprint density at radius 2 is 2.22 bits per heavy atom. The molecule has 0 aliphatic rings. The molecule has 0 saturated heterocycles. The first-order chi connectivity index (χ1) is 8.54. The molecule has 5 nitrogen and oxygen atoms in total. The molecule has 0 aliphatic heterocycles. The number of aliphatic hydroxyl groups is 1. The standard InChI is InChI=1S/C13H20N2O3/c1-10(5-6-16)8-14-9-12-4-3-11(2)13(7-12)15(17)18/h3-4,7,10,14,16H,5-6,8-9H2,1-2H3. The van der Waals surface area contributed by atoms with Gasteiger partial charge in [0.05, 0.1) is 4.92 Å². The molecule has 0 radical (unpaired) electrons. The quantitative estimate of drug-likeness (QED) is 0.575. The van der Waals surface area contributed by atoms with Crippen molar-refractivity contribution in [3.05, 3.63) is 39.4 Å². The second kappa shape index (κ2) is 7.08. The number of nitrogens with one attached hydrogen (secondary N) is 1. The topological polar surface area (TPSA) is 75.4 Å². The first-order valence-electron chi connectivity index (χ1n) is 6.10. The normalized spacial score (nSPS) is 12.4. The van der Waals surface area contributed by atoms with Crippen molar-refractivity contribution < 1.29 is 10.0 Å². The molecule has 0 saturated carbocycles. The van der Waals surface area contributed by atoms with Crippen LogP contribution in [0.4, 0.5) is 5.69 Å². The molecule has 0 bridgehead atoms. The molecule has 1 rings (SSSR count). The Kier molecular flexibility index (Phi) is 5.74. The van der Waals surface area contributed by atoms with E-state index in [-0.39, 0.29) is 17.2 Å². The average molecular weight is 252 g/mol. The molecule has 2 N–H and O–H groups in total. The summed E-state index contributed by atoms with van der Waals surface area (Å²) in [6, 6.07) is 5.28. The van der Waals surface area contributed by atoms with E-state index in [1.165, 1.54) is 0 Å². The number of aliphatic hydroxyl groups excluding tert-OH is 1. The van der Waals surface area contributed by atoms with Crippen LogP contribution in [0.3, 0.4) is 0 Å². The Labute approximate surface area is 107 Å². The highest BCUT2D eigenvalue weighted by molar-refractivity contribution is 5.42. The number of nitro benzene ring substituents is 1. The molecular formula is C13H20N2O3. The highest BCUT2D eigenvalue weighted by atomic mass is 16.6. The summed E-state index contributed by atoms with van der Waals surface area (Å²) in [7, 11) is 0. The van der Waals surface area contributed by atoms with Crippen LogP contribution in [0.1, 0.15) is 24.5 Å². The smallest absolute Gasteiger partial charge is 0.272 e. The maximum atomic E-state index is 10.8. The van der Waals surface area contributed by atoms with Crippen LogP contribution in [0.2, 0.25) is 0 Å². The first kappa shape index (κ1) is 14.6. The van der Waals surface area contributed by atoms with E-state index in [1.54, 1.807) is 19.1 Å². The van der Waals surface area contributed by atoms with Crippen LogP contribution in [0.25, 0.3) is 0 Å². The fourth-order valence-corrected chi connectivity index (χ4v) is 1.75. The van der Waals surface area contributed by atoms with Gasteiger partial charge in [0.2, 0.25) is 0 Å². The molecule has 0 fully saturated rings. The molecule has 18 heavy (non-hydrogen) atoms. The van der Waals surface area contributed by atoms with Gasteiger partial charge >= 0.3 is 0 Å². The van der Waals surface area contributed by atoms with Gasteiger partial charge in [0.25, 0.3) is 5.69 Å². The van der Waals surface area contributed by atoms with Gasteiger partial charge in [-0.2, -0.15) is 0 Å². The Balaban J connectivity index is 2.53. The molecule has 5 heteroatoms. The third-order valence-electron chi connectivity index (χ3n) is 2.91. The van der Waals surface area contributed by atoms with Crippen LogP contribution in [-0.4, -0.2) is 23.2 Å². The van der Waals surface area contributed by atoms with Gasteiger partial charge in [-0.05, 0) is 31.4 Å². The Hall–Kier alpha value is -1.46. The molecule has 0 heterocycles. The van der Waals surface area contributed by atoms with Crippen molar-refractivity contribution in [2.24, 2.45) is 5.92 Å². The Bertz CT molecular complexity index is 407. The largest absolute Gasteiger partial charge is 0.396 e. The molecule has 0 aliphatic carbocycles. The van der Waals surface area contributed by atoms with Crippen LogP contribution in [-0.2, 0) is 6.54 Å². The molecule has 1 unspecified atom stereocenters. The molecule has 1 aromatic rings.